The zero-order valence-electron chi connectivity index (χ0n) is 16.4. The maximum absolute atomic E-state index is 11.4. The second-order valence-electron chi connectivity index (χ2n) is 5.81. The molecule has 1 aromatic heterocycles. The van der Waals surface area contributed by atoms with Crippen molar-refractivity contribution in [3.8, 4) is 39.6 Å². The molecule has 1 heterocycles. The normalized spacial score (nSPS) is 10.1. The van der Waals surface area contributed by atoms with E-state index in [1.165, 1.54) is 19.4 Å². The summed E-state index contributed by atoms with van der Waals surface area (Å²) in [7, 11) is 4.53. The minimum Gasteiger partial charge on any atom is -0.545 e. The Morgan fingerprint density at radius 2 is 1.71 bits per heavy atom. The number of nitrogens with zero attached hydrogens (tertiary/aromatic N) is 1. The molecular formula is C20H18NNaO6. The van der Waals surface area contributed by atoms with Crippen molar-refractivity contribution in [2.45, 2.75) is 6.92 Å². The monoisotopic (exact) mass is 391 g/mol. The van der Waals surface area contributed by atoms with Gasteiger partial charge < -0.3 is 28.6 Å². The van der Waals surface area contributed by atoms with Crippen molar-refractivity contribution in [3.63, 3.8) is 0 Å². The van der Waals surface area contributed by atoms with E-state index in [0.29, 0.717) is 28.3 Å². The van der Waals surface area contributed by atoms with E-state index in [4.69, 9.17) is 18.7 Å². The summed E-state index contributed by atoms with van der Waals surface area (Å²) in [4.78, 5) is 11.4. The van der Waals surface area contributed by atoms with E-state index in [-0.39, 0.29) is 40.9 Å². The average Bonchev–Trinajstić information content (AvgIpc) is 3.16. The molecule has 0 aliphatic carbocycles. The molecule has 0 bridgehead atoms. The first-order valence-corrected chi connectivity index (χ1v) is 8.07. The van der Waals surface area contributed by atoms with Crippen LogP contribution in [0.15, 0.2) is 41.1 Å². The number of aromatic nitrogens is 1. The van der Waals surface area contributed by atoms with Crippen LogP contribution in [0.3, 0.4) is 0 Å². The fourth-order valence-electron chi connectivity index (χ4n) is 2.98. The summed E-state index contributed by atoms with van der Waals surface area (Å²) < 4.78 is 21.0. The van der Waals surface area contributed by atoms with Gasteiger partial charge in [-0.1, -0.05) is 11.2 Å². The molecule has 0 saturated carbocycles. The Bertz CT molecular complexity index is 998. The summed E-state index contributed by atoms with van der Waals surface area (Å²) in [6, 6.07) is 8.45. The van der Waals surface area contributed by atoms with Crippen LogP contribution in [-0.2, 0) is 0 Å². The summed E-state index contributed by atoms with van der Waals surface area (Å²) in [6.45, 7) is 1.90. The Kier molecular flexibility index (Phi) is 7.12. The van der Waals surface area contributed by atoms with Crippen LogP contribution in [0.2, 0.25) is 0 Å². The second-order valence-corrected chi connectivity index (χ2v) is 5.81. The minimum atomic E-state index is -1.33. The van der Waals surface area contributed by atoms with Gasteiger partial charge in [-0.05, 0) is 42.3 Å². The minimum absolute atomic E-state index is 0. The molecular weight excluding hydrogens is 373 g/mol. The van der Waals surface area contributed by atoms with Gasteiger partial charge in [0, 0.05) is 16.7 Å². The molecule has 3 aromatic rings. The Morgan fingerprint density at radius 1 is 1.00 bits per heavy atom. The van der Waals surface area contributed by atoms with E-state index in [1.807, 2.05) is 13.0 Å². The third kappa shape index (κ3) is 4.01. The third-order valence-corrected chi connectivity index (χ3v) is 4.24. The number of benzene rings is 2. The quantitative estimate of drug-likeness (QED) is 0.533. The van der Waals surface area contributed by atoms with Crippen molar-refractivity contribution in [2.24, 2.45) is 0 Å². The number of rotatable bonds is 6. The summed E-state index contributed by atoms with van der Waals surface area (Å²) in [5.74, 6) is 0.0916. The first kappa shape index (κ1) is 21.8. The molecule has 0 amide bonds. The molecule has 140 valence electrons. The first-order valence-electron chi connectivity index (χ1n) is 8.07. The van der Waals surface area contributed by atoms with Gasteiger partial charge in [-0.25, -0.2) is 0 Å². The van der Waals surface area contributed by atoms with Gasteiger partial charge in [0.1, 0.15) is 17.7 Å². The van der Waals surface area contributed by atoms with Crippen molar-refractivity contribution in [1.29, 1.82) is 0 Å². The number of carbonyl (C=O) groups is 1. The SMILES string of the molecule is COc1ccc(-c2conc2-c2cc(C)c(OC)c(OC)c2)cc1C(=O)[O-].[Na+]. The van der Waals surface area contributed by atoms with Crippen LogP contribution >= 0.6 is 0 Å². The Labute approximate surface area is 184 Å². The van der Waals surface area contributed by atoms with Crippen LogP contribution in [0.4, 0.5) is 0 Å². The molecule has 7 nitrogen and oxygen atoms in total. The molecule has 0 aliphatic rings. The molecule has 8 heteroatoms. The van der Waals surface area contributed by atoms with Crippen molar-refractivity contribution in [2.75, 3.05) is 21.3 Å². The van der Waals surface area contributed by atoms with E-state index in [2.05, 4.69) is 5.16 Å². The third-order valence-electron chi connectivity index (χ3n) is 4.24. The van der Waals surface area contributed by atoms with E-state index < -0.39 is 5.97 Å². The predicted molar refractivity (Wildman–Crippen MR) is 96.1 cm³/mol. The summed E-state index contributed by atoms with van der Waals surface area (Å²) in [5.41, 5.74) is 3.36. The van der Waals surface area contributed by atoms with Crippen LogP contribution in [0, 0.1) is 6.92 Å². The Morgan fingerprint density at radius 3 is 2.32 bits per heavy atom. The Balaban J connectivity index is 0.00000280. The number of hydrogen-bond acceptors (Lipinski definition) is 7. The first-order chi connectivity index (χ1) is 13.0. The number of aryl methyl sites for hydroxylation is 1. The Hall–Kier alpha value is -2.48. The zero-order chi connectivity index (χ0) is 19.6. The molecule has 0 atom stereocenters. The van der Waals surface area contributed by atoms with Gasteiger partial charge in [0.05, 0.1) is 27.3 Å². The molecule has 2 aromatic carbocycles. The topological polar surface area (TPSA) is 93.9 Å². The van der Waals surface area contributed by atoms with Gasteiger partial charge in [-0.15, -0.1) is 0 Å². The summed E-state index contributed by atoms with van der Waals surface area (Å²) in [5, 5.41) is 15.5. The molecule has 0 fully saturated rings. The molecule has 0 aliphatic heterocycles. The smallest absolute Gasteiger partial charge is 0.545 e. The second kappa shape index (κ2) is 9.14. The number of methoxy groups -OCH3 is 3. The van der Waals surface area contributed by atoms with Gasteiger partial charge >= 0.3 is 29.6 Å². The fourth-order valence-corrected chi connectivity index (χ4v) is 2.98. The standard InChI is InChI=1S/C20H19NO6.Na/c1-11-7-13(9-17(25-3)19(11)26-4)18-15(10-27-21-18)12-5-6-16(24-2)14(8-12)20(22)23;/h5-10H,1-4H3,(H,22,23);/q;+1/p-1. The van der Waals surface area contributed by atoms with Crippen LogP contribution in [-0.4, -0.2) is 32.5 Å². The number of ether oxygens (including phenoxy) is 3. The molecule has 0 N–H and O–H groups in total. The zero-order valence-corrected chi connectivity index (χ0v) is 18.4. The maximum Gasteiger partial charge on any atom is 1.00 e. The molecule has 0 saturated heterocycles. The van der Waals surface area contributed by atoms with Gasteiger partial charge in [-0.2, -0.15) is 0 Å². The molecule has 0 spiro atoms. The number of hydrogen-bond donors (Lipinski definition) is 0. The van der Waals surface area contributed by atoms with Crippen LogP contribution in [0.25, 0.3) is 22.4 Å². The van der Waals surface area contributed by atoms with Crippen LogP contribution < -0.4 is 48.9 Å². The van der Waals surface area contributed by atoms with Gasteiger partial charge in [0.2, 0.25) is 0 Å². The van der Waals surface area contributed by atoms with Crippen molar-refractivity contribution < 1.29 is 58.2 Å². The van der Waals surface area contributed by atoms with Crippen molar-refractivity contribution in [3.05, 3.63) is 47.7 Å². The van der Waals surface area contributed by atoms with Crippen molar-refractivity contribution in [1.82, 2.24) is 5.16 Å². The number of carbonyl (C=O) groups excluding carboxylic acids is 1. The molecule has 0 unspecified atom stereocenters. The molecule has 0 radical (unpaired) electrons. The molecule has 3 rings (SSSR count). The number of carboxylic acid groups (broad SMARTS) is 1. The average molecular weight is 391 g/mol. The maximum atomic E-state index is 11.4. The predicted octanol–water partition coefficient (Wildman–Crippen LogP) is -0.290. The van der Waals surface area contributed by atoms with E-state index >= 15 is 0 Å². The van der Waals surface area contributed by atoms with E-state index in [1.54, 1.807) is 32.4 Å². The number of carboxylic acids is 1. The van der Waals surface area contributed by atoms with Gasteiger partial charge in [-0.3, -0.25) is 0 Å². The summed E-state index contributed by atoms with van der Waals surface area (Å²) in [6.07, 6.45) is 1.46. The largest absolute Gasteiger partial charge is 1.00 e. The van der Waals surface area contributed by atoms with Gasteiger partial charge in [0.15, 0.2) is 11.5 Å². The van der Waals surface area contributed by atoms with Crippen LogP contribution in [0.5, 0.6) is 17.2 Å². The summed E-state index contributed by atoms with van der Waals surface area (Å²) >= 11 is 0. The van der Waals surface area contributed by atoms with Crippen LogP contribution in [0.1, 0.15) is 15.9 Å². The van der Waals surface area contributed by atoms with Gasteiger partial charge in [0.25, 0.3) is 0 Å². The fraction of sp³-hybridized carbons (Fsp3) is 0.200. The van der Waals surface area contributed by atoms with Crippen molar-refractivity contribution >= 4 is 5.97 Å². The molecule has 28 heavy (non-hydrogen) atoms. The van der Waals surface area contributed by atoms with E-state index in [0.717, 1.165) is 11.1 Å². The van der Waals surface area contributed by atoms with E-state index in [9.17, 15) is 9.90 Å². The number of aromatic carboxylic acids is 1.